The summed E-state index contributed by atoms with van der Waals surface area (Å²) < 4.78 is 0. The first-order chi connectivity index (χ1) is 16.0. The number of anilines is 1. The van der Waals surface area contributed by atoms with Gasteiger partial charge in [0.05, 0.1) is 11.8 Å². The minimum absolute atomic E-state index is 0.120. The van der Waals surface area contributed by atoms with Crippen molar-refractivity contribution in [1.82, 2.24) is 4.90 Å². The zero-order valence-electron chi connectivity index (χ0n) is 18.3. The summed E-state index contributed by atoms with van der Waals surface area (Å²) in [7, 11) is 0. The molecule has 0 N–H and O–H groups in total. The summed E-state index contributed by atoms with van der Waals surface area (Å²) in [6.45, 7) is 1.31. The Bertz CT molecular complexity index is 1180. The van der Waals surface area contributed by atoms with Crippen LogP contribution in [0.5, 0.6) is 0 Å². The molecule has 6 heteroatoms. The number of likely N-dealkylation sites (tertiary alicyclic amines) is 1. The van der Waals surface area contributed by atoms with Gasteiger partial charge in [-0.15, -0.1) is 0 Å². The molecular weight excluding hydrogens is 416 g/mol. The van der Waals surface area contributed by atoms with Crippen LogP contribution in [0.3, 0.4) is 0 Å². The quantitative estimate of drug-likeness (QED) is 0.405. The van der Waals surface area contributed by atoms with Crippen molar-refractivity contribution in [2.24, 2.45) is 35.5 Å². The summed E-state index contributed by atoms with van der Waals surface area (Å²) in [6.07, 6.45) is 5.38. The highest BCUT2D eigenvalue weighted by atomic mass is 16.2. The minimum atomic E-state index is -0.323. The fourth-order valence-corrected chi connectivity index (χ4v) is 6.19. The third-order valence-electron chi connectivity index (χ3n) is 7.87. The molecule has 1 aliphatic heterocycles. The lowest BCUT2D eigenvalue weighted by atomic mass is 9.63. The van der Waals surface area contributed by atoms with Crippen LogP contribution in [0.2, 0.25) is 0 Å². The number of allylic oxidation sites excluding steroid dienone is 2. The number of nitrogens with zero attached hydrogens (tertiary/aromatic N) is 2. The molecule has 2 bridgehead atoms. The molecule has 0 radical (unpaired) electrons. The topological polar surface area (TPSA) is 74.8 Å². The van der Waals surface area contributed by atoms with E-state index in [0.29, 0.717) is 28.7 Å². The second-order valence-corrected chi connectivity index (χ2v) is 9.61. The van der Waals surface area contributed by atoms with E-state index >= 15 is 0 Å². The van der Waals surface area contributed by atoms with Crippen molar-refractivity contribution >= 4 is 29.2 Å². The van der Waals surface area contributed by atoms with Crippen molar-refractivity contribution in [2.45, 2.75) is 13.3 Å². The van der Waals surface area contributed by atoms with E-state index in [0.717, 1.165) is 6.42 Å². The molecule has 4 aliphatic carbocycles. The number of Topliss-reactive ketones (excluding diaryl/α,β-unsaturated/α-hetero) is 1. The molecule has 0 spiro atoms. The van der Waals surface area contributed by atoms with E-state index in [2.05, 4.69) is 12.2 Å². The molecule has 2 saturated carbocycles. The number of hydrogen-bond donors (Lipinski definition) is 0. The third-order valence-corrected chi connectivity index (χ3v) is 7.87. The Hall–Kier alpha value is -3.54. The summed E-state index contributed by atoms with van der Waals surface area (Å²) in [6, 6.07) is 15.5. The van der Waals surface area contributed by atoms with E-state index in [4.69, 9.17) is 0 Å². The number of benzene rings is 2. The summed E-state index contributed by atoms with van der Waals surface area (Å²) in [5.74, 6) is -0.120. The number of rotatable bonds is 5. The lowest BCUT2D eigenvalue weighted by Crippen LogP contribution is -2.45. The van der Waals surface area contributed by atoms with Gasteiger partial charge in [-0.2, -0.15) is 0 Å². The summed E-state index contributed by atoms with van der Waals surface area (Å²) in [4.78, 5) is 55.2. The van der Waals surface area contributed by atoms with Crippen LogP contribution in [0.25, 0.3) is 0 Å². The fourth-order valence-electron chi connectivity index (χ4n) is 6.19. The molecule has 7 rings (SSSR count). The Morgan fingerprint density at radius 1 is 0.879 bits per heavy atom. The van der Waals surface area contributed by atoms with Crippen LogP contribution in [0, 0.1) is 35.5 Å². The maximum atomic E-state index is 13.5. The summed E-state index contributed by atoms with van der Waals surface area (Å²) in [5.41, 5.74) is 1.40. The highest BCUT2D eigenvalue weighted by molar-refractivity contribution is 6.10. The Balaban J connectivity index is 1.36. The standard InChI is InChI=1S/C27H24N2O4/c1-15(30)17-8-5-9-18(12-17)28(25(31)16-6-3-2-4-7-16)14-29-26(32)23-19-10-11-20(22-13-21(19)22)24(23)27(29)33/h2-12,19-24H,13-14H2,1H3/t19-,20-,21-,22+,23-,24+/m1/s1. The largest absolute Gasteiger partial charge is 0.295 e. The Kier molecular flexibility index (Phi) is 4.41. The van der Waals surface area contributed by atoms with Gasteiger partial charge in [-0.05, 0) is 61.3 Å². The summed E-state index contributed by atoms with van der Waals surface area (Å²) >= 11 is 0. The average molecular weight is 440 g/mol. The van der Waals surface area contributed by atoms with Gasteiger partial charge in [0.25, 0.3) is 5.91 Å². The molecule has 2 aromatic carbocycles. The van der Waals surface area contributed by atoms with Gasteiger partial charge in [-0.25, -0.2) is 0 Å². The Morgan fingerprint density at radius 3 is 2.09 bits per heavy atom. The molecule has 5 aliphatic rings. The Labute approximate surface area is 191 Å². The third kappa shape index (κ3) is 3.00. The van der Waals surface area contributed by atoms with Crippen molar-refractivity contribution in [3.63, 3.8) is 0 Å². The van der Waals surface area contributed by atoms with Crippen LogP contribution in [0.4, 0.5) is 5.69 Å². The van der Waals surface area contributed by atoms with Crippen molar-refractivity contribution in [3.05, 3.63) is 77.9 Å². The first-order valence-electron chi connectivity index (χ1n) is 11.5. The molecule has 6 atom stereocenters. The van der Waals surface area contributed by atoms with Crippen LogP contribution < -0.4 is 4.90 Å². The molecule has 1 heterocycles. The molecule has 33 heavy (non-hydrogen) atoms. The smallest absolute Gasteiger partial charge is 0.259 e. The van der Waals surface area contributed by atoms with E-state index in [-0.39, 0.29) is 53.8 Å². The van der Waals surface area contributed by atoms with E-state index in [1.807, 2.05) is 6.07 Å². The molecular formula is C27H24N2O4. The minimum Gasteiger partial charge on any atom is -0.295 e. The van der Waals surface area contributed by atoms with Gasteiger partial charge in [0.1, 0.15) is 6.67 Å². The maximum absolute atomic E-state index is 13.5. The second kappa shape index (κ2) is 7.24. The van der Waals surface area contributed by atoms with Crippen molar-refractivity contribution in [2.75, 3.05) is 11.6 Å². The zero-order chi connectivity index (χ0) is 22.9. The SMILES string of the molecule is CC(=O)c1cccc(N(CN2C(=O)[C@@H]3[C@@H]4C=C[C@H]([C@@H]5C[C@H]45)[C@@H]3C2=O)C(=O)c2ccccc2)c1. The predicted octanol–water partition coefficient (Wildman–Crippen LogP) is 3.55. The number of carbonyl (C=O) groups is 4. The molecule has 0 unspecified atom stereocenters. The average Bonchev–Trinajstić information content (AvgIpc) is 3.62. The van der Waals surface area contributed by atoms with Crippen molar-refractivity contribution < 1.29 is 19.2 Å². The maximum Gasteiger partial charge on any atom is 0.259 e. The number of hydrogen-bond acceptors (Lipinski definition) is 4. The van der Waals surface area contributed by atoms with Gasteiger partial charge >= 0.3 is 0 Å². The Morgan fingerprint density at radius 2 is 1.48 bits per heavy atom. The second-order valence-electron chi connectivity index (χ2n) is 9.61. The first-order valence-corrected chi connectivity index (χ1v) is 11.5. The molecule has 3 fully saturated rings. The van der Waals surface area contributed by atoms with Gasteiger partial charge < -0.3 is 0 Å². The van der Waals surface area contributed by atoms with Gasteiger partial charge in [0.2, 0.25) is 11.8 Å². The van der Waals surface area contributed by atoms with E-state index in [1.165, 1.54) is 16.7 Å². The highest BCUT2D eigenvalue weighted by Gasteiger charge is 2.67. The fraction of sp³-hybridized carbons (Fsp3) is 0.333. The number of amides is 3. The van der Waals surface area contributed by atoms with Crippen LogP contribution in [-0.2, 0) is 9.59 Å². The van der Waals surface area contributed by atoms with Gasteiger partial charge in [-0.3, -0.25) is 29.0 Å². The van der Waals surface area contributed by atoms with Gasteiger partial charge in [0.15, 0.2) is 5.78 Å². The summed E-state index contributed by atoms with van der Waals surface area (Å²) in [5, 5.41) is 0. The number of carbonyl (C=O) groups excluding carboxylic acids is 4. The highest BCUT2D eigenvalue weighted by Crippen LogP contribution is 2.65. The van der Waals surface area contributed by atoms with Crippen molar-refractivity contribution in [1.29, 1.82) is 0 Å². The van der Waals surface area contributed by atoms with Gasteiger partial charge in [-0.1, -0.05) is 42.5 Å². The molecule has 166 valence electrons. The molecule has 6 nitrogen and oxygen atoms in total. The molecule has 3 amide bonds. The predicted molar refractivity (Wildman–Crippen MR) is 121 cm³/mol. The van der Waals surface area contributed by atoms with Crippen LogP contribution in [0.1, 0.15) is 34.1 Å². The lowest BCUT2D eigenvalue weighted by Gasteiger charge is -2.37. The number of imide groups is 1. The van der Waals surface area contributed by atoms with Crippen LogP contribution in [0.15, 0.2) is 66.7 Å². The molecule has 0 aromatic heterocycles. The van der Waals surface area contributed by atoms with E-state index in [9.17, 15) is 19.2 Å². The van der Waals surface area contributed by atoms with Crippen LogP contribution in [-0.4, -0.2) is 35.1 Å². The normalized spacial score (nSPS) is 30.8. The first kappa shape index (κ1) is 20.1. The number of ketones is 1. The van der Waals surface area contributed by atoms with E-state index < -0.39 is 0 Å². The van der Waals surface area contributed by atoms with Crippen molar-refractivity contribution in [3.8, 4) is 0 Å². The van der Waals surface area contributed by atoms with E-state index in [1.54, 1.807) is 48.5 Å². The zero-order valence-corrected chi connectivity index (χ0v) is 18.3. The van der Waals surface area contributed by atoms with Crippen LogP contribution >= 0.6 is 0 Å². The molecule has 2 aromatic rings. The van der Waals surface area contributed by atoms with Gasteiger partial charge in [0, 0.05) is 16.8 Å². The lowest BCUT2D eigenvalue weighted by molar-refractivity contribution is -0.140. The monoisotopic (exact) mass is 440 g/mol. The molecule has 1 saturated heterocycles.